The Labute approximate surface area is 115 Å². The van der Waals surface area contributed by atoms with Gasteiger partial charge < -0.3 is 9.47 Å². The van der Waals surface area contributed by atoms with Crippen molar-refractivity contribution in [3.63, 3.8) is 0 Å². The summed E-state index contributed by atoms with van der Waals surface area (Å²) in [5.41, 5.74) is -0.957. The molecule has 110 valence electrons. The first-order valence-electron chi connectivity index (χ1n) is 6.93. The van der Waals surface area contributed by atoms with Gasteiger partial charge in [-0.05, 0) is 60.8 Å². The Morgan fingerprint density at radius 2 is 1.58 bits per heavy atom. The summed E-state index contributed by atoms with van der Waals surface area (Å²) in [4.78, 5) is 23.7. The van der Waals surface area contributed by atoms with Gasteiger partial charge in [-0.1, -0.05) is 0 Å². The highest BCUT2D eigenvalue weighted by molar-refractivity contribution is 5.76. The first kappa shape index (κ1) is 16.0. The predicted molar refractivity (Wildman–Crippen MR) is 72.5 cm³/mol. The highest BCUT2D eigenvalue weighted by atomic mass is 16.6. The van der Waals surface area contributed by atoms with E-state index in [1.807, 2.05) is 41.5 Å². The molecule has 1 fully saturated rings. The Hall–Kier alpha value is -1.06. The van der Waals surface area contributed by atoms with E-state index >= 15 is 0 Å². The van der Waals surface area contributed by atoms with Crippen molar-refractivity contribution in [1.82, 2.24) is 0 Å². The van der Waals surface area contributed by atoms with Gasteiger partial charge >= 0.3 is 11.9 Å². The molecule has 0 spiro atoms. The van der Waals surface area contributed by atoms with Crippen LogP contribution < -0.4 is 0 Å². The van der Waals surface area contributed by atoms with Gasteiger partial charge in [0.15, 0.2) is 0 Å². The van der Waals surface area contributed by atoms with Crippen LogP contribution in [0.2, 0.25) is 0 Å². The van der Waals surface area contributed by atoms with E-state index in [1.54, 1.807) is 0 Å². The summed E-state index contributed by atoms with van der Waals surface area (Å²) in [6.07, 6.45) is 1.91. The SMILES string of the molecule is CC(C)(C)OC(=O)C1CCC(OC(=O)C(C)(C)C)C1. The largest absolute Gasteiger partial charge is 0.462 e. The van der Waals surface area contributed by atoms with Gasteiger partial charge in [0.1, 0.15) is 11.7 Å². The summed E-state index contributed by atoms with van der Waals surface area (Å²) in [5, 5.41) is 0. The maximum absolute atomic E-state index is 11.9. The molecule has 0 aromatic carbocycles. The molecule has 4 nitrogen and oxygen atoms in total. The minimum Gasteiger partial charge on any atom is -0.462 e. The molecule has 0 aromatic heterocycles. The number of carbonyl (C=O) groups is 2. The quantitative estimate of drug-likeness (QED) is 0.724. The number of esters is 2. The zero-order valence-electron chi connectivity index (χ0n) is 12.9. The number of hydrogen-bond donors (Lipinski definition) is 0. The molecule has 2 unspecified atom stereocenters. The molecule has 0 heterocycles. The Morgan fingerprint density at radius 3 is 2.05 bits per heavy atom. The fraction of sp³-hybridized carbons (Fsp3) is 0.867. The van der Waals surface area contributed by atoms with E-state index in [-0.39, 0.29) is 24.0 Å². The third-order valence-corrected chi connectivity index (χ3v) is 3.01. The zero-order chi connectivity index (χ0) is 14.8. The average molecular weight is 270 g/mol. The van der Waals surface area contributed by atoms with Gasteiger partial charge in [-0.25, -0.2) is 0 Å². The summed E-state index contributed by atoms with van der Waals surface area (Å²) in [6, 6.07) is 0. The van der Waals surface area contributed by atoms with E-state index in [4.69, 9.17) is 9.47 Å². The number of ether oxygens (including phenoxy) is 2. The van der Waals surface area contributed by atoms with Crippen LogP contribution in [0.3, 0.4) is 0 Å². The van der Waals surface area contributed by atoms with Crippen molar-refractivity contribution in [3.8, 4) is 0 Å². The molecule has 1 aliphatic carbocycles. The molecule has 0 saturated heterocycles. The molecule has 0 bridgehead atoms. The predicted octanol–water partition coefficient (Wildman–Crippen LogP) is 3.09. The summed E-state index contributed by atoms with van der Waals surface area (Å²) in [7, 11) is 0. The highest BCUT2D eigenvalue weighted by Crippen LogP contribution is 2.31. The molecule has 0 aliphatic heterocycles. The van der Waals surface area contributed by atoms with Gasteiger partial charge in [-0.2, -0.15) is 0 Å². The molecule has 2 atom stereocenters. The van der Waals surface area contributed by atoms with Crippen LogP contribution in [0.4, 0.5) is 0 Å². The molecule has 0 amide bonds. The lowest BCUT2D eigenvalue weighted by molar-refractivity contribution is -0.163. The van der Waals surface area contributed by atoms with Crippen LogP contribution in [-0.2, 0) is 19.1 Å². The molecule has 19 heavy (non-hydrogen) atoms. The number of hydrogen-bond acceptors (Lipinski definition) is 4. The van der Waals surface area contributed by atoms with E-state index in [1.165, 1.54) is 0 Å². The number of carbonyl (C=O) groups excluding carboxylic acids is 2. The fourth-order valence-electron chi connectivity index (χ4n) is 1.97. The van der Waals surface area contributed by atoms with Crippen molar-refractivity contribution >= 4 is 11.9 Å². The topological polar surface area (TPSA) is 52.6 Å². The van der Waals surface area contributed by atoms with Crippen molar-refractivity contribution in [2.75, 3.05) is 0 Å². The zero-order valence-corrected chi connectivity index (χ0v) is 12.9. The first-order valence-corrected chi connectivity index (χ1v) is 6.93. The third-order valence-electron chi connectivity index (χ3n) is 3.01. The molecular formula is C15H26O4. The Balaban J connectivity index is 2.46. The molecule has 1 rings (SSSR count). The second-order valence-electron chi connectivity index (χ2n) is 7.32. The van der Waals surface area contributed by atoms with Gasteiger partial charge in [-0.3, -0.25) is 9.59 Å². The lowest BCUT2D eigenvalue weighted by Gasteiger charge is -2.22. The highest BCUT2D eigenvalue weighted by Gasteiger charge is 2.36. The second-order valence-corrected chi connectivity index (χ2v) is 7.32. The maximum atomic E-state index is 11.9. The lowest BCUT2D eigenvalue weighted by Crippen LogP contribution is -2.29. The van der Waals surface area contributed by atoms with Crippen molar-refractivity contribution in [1.29, 1.82) is 0 Å². The minimum atomic E-state index is -0.496. The normalized spacial score (nSPS) is 24.1. The van der Waals surface area contributed by atoms with Crippen LogP contribution in [0.1, 0.15) is 60.8 Å². The fourth-order valence-corrected chi connectivity index (χ4v) is 1.97. The maximum Gasteiger partial charge on any atom is 0.311 e. The summed E-state index contributed by atoms with van der Waals surface area (Å²) in [5.74, 6) is -0.527. The van der Waals surface area contributed by atoms with Crippen LogP contribution >= 0.6 is 0 Å². The summed E-state index contributed by atoms with van der Waals surface area (Å²) in [6.45, 7) is 11.1. The first-order chi connectivity index (χ1) is 8.49. The molecule has 1 aliphatic rings. The van der Waals surface area contributed by atoms with Crippen molar-refractivity contribution in [3.05, 3.63) is 0 Å². The van der Waals surface area contributed by atoms with Gasteiger partial charge in [0, 0.05) is 0 Å². The van der Waals surface area contributed by atoms with E-state index < -0.39 is 11.0 Å². The summed E-state index contributed by atoms with van der Waals surface area (Å²) >= 11 is 0. The molecule has 0 radical (unpaired) electrons. The van der Waals surface area contributed by atoms with Crippen LogP contribution in [-0.4, -0.2) is 23.6 Å². The summed E-state index contributed by atoms with van der Waals surface area (Å²) < 4.78 is 10.8. The van der Waals surface area contributed by atoms with Crippen molar-refractivity contribution in [2.24, 2.45) is 11.3 Å². The number of rotatable bonds is 2. The van der Waals surface area contributed by atoms with Gasteiger partial charge in [0.25, 0.3) is 0 Å². The third kappa shape index (κ3) is 5.21. The van der Waals surface area contributed by atoms with Crippen LogP contribution in [0, 0.1) is 11.3 Å². The molecule has 4 heteroatoms. The van der Waals surface area contributed by atoms with Crippen LogP contribution in [0.5, 0.6) is 0 Å². The molecule has 1 saturated carbocycles. The monoisotopic (exact) mass is 270 g/mol. The Kier molecular flexibility index (Phi) is 4.64. The van der Waals surface area contributed by atoms with E-state index in [0.717, 1.165) is 12.8 Å². The lowest BCUT2D eigenvalue weighted by atomic mass is 9.97. The molecule has 0 aromatic rings. The van der Waals surface area contributed by atoms with E-state index in [2.05, 4.69) is 0 Å². The molecular weight excluding hydrogens is 244 g/mol. The van der Waals surface area contributed by atoms with Gasteiger partial charge in [0.2, 0.25) is 0 Å². The average Bonchev–Trinajstić information content (AvgIpc) is 2.62. The smallest absolute Gasteiger partial charge is 0.311 e. The second kappa shape index (κ2) is 5.51. The molecule has 0 N–H and O–H groups in total. The van der Waals surface area contributed by atoms with E-state index in [0.29, 0.717) is 6.42 Å². The van der Waals surface area contributed by atoms with Crippen LogP contribution in [0.25, 0.3) is 0 Å². The van der Waals surface area contributed by atoms with Crippen LogP contribution in [0.15, 0.2) is 0 Å². The van der Waals surface area contributed by atoms with E-state index in [9.17, 15) is 9.59 Å². The Bertz CT molecular complexity index is 346. The standard InChI is InChI=1S/C15H26O4/c1-14(2,3)13(17)18-11-8-7-10(9-11)12(16)19-15(4,5)6/h10-11H,7-9H2,1-6H3. The van der Waals surface area contributed by atoms with Crippen molar-refractivity contribution < 1.29 is 19.1 Å². The van der Waals surface area contributed by atoms with Crippen molar-refractivity contribution in [2.45, 2.75) is 72.5 Å². The van der Waals surface area contributed by atoms with Gasteiger partial charge in [-0.15, -0.1) is 0 Å². The van der Waals surface area contributed by atoms with Gasteiger partial charge in [0.05, 0.1) is 11.3 Å². The Morgan fingerprint density at radius 1 is 1.00 bits per heavy atom. The minimum absolute atomic E-state index is 0.142.